The fourth-order valence-corrected chi connectivity index (χ4v) is 2.59. The molecule has 2 aromatic carbocycles. The molecule has 1 heterocycles. The standard InChI is InChI=1S/C21H20N2O3/c1-15-11-12-19(26-15)21(25)23-18-10-6-5-9-17(18)20(24)22-14-13-16-7-3-2-4-8-16/h2-12H,13-14H2,1H3,(H,22,24)(H,23,25). The Hall–Kier alpha value is -3.34. The number of carbonyl (C=O) groups is 2. The van der Waals surface area contributed by atoms with Gasteiger partial charge in [-0.05, 0) is 43.2 Å². The Labute approximate surface area is 152 Å². The van der Waals surface area contributed by atoms with Crippen LogP contribution in [0.4, 0.5) is 5.69 Å². The van der Waals surface area contributed by atoms with Crippen LogP contribution in [-0.2, 0) is 6.42 Å². The van der Waals surface area contributed by atoms with Crippen LogP contribution in [0.2, 0.25) is 0 Å². The van der Waals surface area contributed by atoms with Gasteiger partial charge in [0.1, 0.15) is 5.76 Å². The summed E-state index contributed by atoms with van der Waals surface area (Å²) >= 11 is 0. The largest absolute Gasteiger partial charge is 0.456 e. The molecular weight excluding hydrogens is 328 g/mol. The zero-order valence-corrected chi connectivity index (χ0v) is 14.5. The molecule has 0 saturated heterocycles. The molecule has 0 atom stereocenters. The predicted octanol–water partition coefficient (Wildman–Crippen LogP) is 3.81. The second-order valence-corrected chi connectivity index (χ2v) is 5.90. The molecule has 5 nitrogen and oxygen atoms in total. The van der Waals surface area contributed by atoms with Crippen LogP contribution in [0.1, 0.15) is 32.2 Å². The van der Waals surface area contributed by atoms with E-state index in [-0.39, 0.29) is 17.6 Å². The van der Waals surface area contributed by atoms with E-state index >= 15 is 0 Å². The van der Waals surface area contributed by atoms with Crippen LogP contribution in [0.25, 0.3) is 0 Å². The van der Waals surface area contributed by atoms with Crippen molar-refractivity contribution in [1.82, 2.24) is 5.32 Å². The molecule has 0 unspecified atom stereocenters. The molecule has 26 heavy (non-hydrogen) atoms. The first kappa shape index (κ1) is 17.5. The molecule has 3 aromatic rings. The molecule has 3 rings (SSSR count). The van der Waals surface area contributed by atoms with Crippen LogP contribution in [0.5, 0.6) is 0 Å². The van der Waals surface area contributed by atoms with Crippen LogP contribution >= 0.6 is 0 Å². The first-order valence-corrected chi connectivity index (χ1v) is 8.42. The zero-order valence-electron chi connectivity index (χ0n) is 14.5. The number of hydrogen-bond donors (Lipinski definition) is 2. The van der Waals surface area contributed by atoms with Gasteiger partial charge in [0.25, 0.3) is 11.8 Å². The SMILES string of the molecule is Cc1ccc(C(=O)Nc2ccccc2C(=O)NCCc2ccccc2)o1. The number of amides is 2. The summed E-state index contributed by atoms with van der Waals surface area (Å²) in [7, 11) is 0. The molecule has 0 bridgehead atoms. The fraction of sp³-hybridized carbons (Fsp3) is 0.143. The lowest BCUT2D eigenvalue weighted by Gasteiger charge is -2.11. The van der Waals surface area contributed by atoms with Crippen molar-refractivity contribution in [3.05, 3.63) is 89.4 Å². The van der Waals surface area contributed by atoms with Crippen molar-refractivity contribution in [3.8, 4) is 0 Å². The van der Waals surface area contributed by atoms with E-state index in [4.69, 9.17) is 4.42 Å². The van der Waals surface area contributed by atoms with E-state index in [9.17, 15) is 9.59 Å². The van der Waals surface area contributed by atoms with Gasteiger partial charge in [0.2, 0.25) is 0 Å². The third kappa shape index (κ3) is 4.39. The number of para-hydroxylation sites is 1. The molecule has 2 N–H and O–H groups in total. The van der Waals surface area contributed by atoms with Gasteiger partial charge in [-0.3, -0.25) is 9.59 Å². The van der Waals surface area contributed by atoms with Gasteiger partial charge >= 0.3 is 0 Å². The summed E-state index contributed by atoms with van der Waals surface area (Å²) in [5.41, 5.74) is 2.02. The van der Waals surface area contributed by atoms with Crippen molar-refractivity contribution in [2.45, 2.75) is 13.3 Å². The van der Waals surface area contributed by atoms with Crippen molar-refractivity contribution in [2.75, 3.05) is 11.9 Å². The number of benzene rings is 2. The summed E-state index contributed by atoms with van der Waals surface area (Å²) < 4.78 is 5.32. The van der Waals surface area contributed by atoms with Gasteiger partial charge in [0.05, 0.1) is 11.3 Å². The van der Waals surface area contributed by atoms with Gasteiger partial charge in [0, 0.05) is 6.54 Å². The first-order chi connectivity index (χ1) is 12.6. The number of hydrogen-bond acceptors (Lipinski definition) is 3. The topological polar surface area (TPSA) is 71.3 Å². The van der Waals surface area contributed by atoms with E-state index < -0.39 is 0 Å². The summed E-state index contributed by atoms with van der Waals surface area (Å²) in [6.45, 7) is 2.29. The number of nitrogens with one attached hydrogen (secondary N) is 2. The van der Waals surface area contributed by atoms with Crippen LogP contribution in [-0.4, -0.2) is 18.4 Å². The molecule has 0 radical (unpaired) electrons. The second kappa shape index (κ2) is 8.16. The van der Waals surface area contributed by atoms with E-state index in [0.29, 0.717) is 23.6 Å². The van der Waals surface area contributed by atoms with Crippen molar-refractivity contribution in [2.24, 2.45) is 0 Å². The zero-order chi connectivity index (χ0) is 18.4. The molecule has 0 aliphatic rings. The Kier molecular flexibility index (Phi) is 5.49. The smallest absolute Gasteiger partial charge is 0.291 e. The molecule has 0 aliphatic carbocycles. The van der Waals surface area contributed by atoms with E-state index in [1.807, 2.05) is 30.3 Å². The van der Waals surface area contributed by atoms with Crippen LogP contribution < -0.4 is 10.6 Å². The minimum atomic E-state index is -0.386. The maximum atomic E-state index is 12.5. The van der Waals surface area contributed by atoms with Crippen molar-refractivity contribution < 1.29 is 14.0 Å². The molecule has 0 aliphatic heterocycles. The molecule has 0 fully saturated rings. The maximum Gasteiger partial charge on any atom is 0.291 e. The average Bonchev–Trinajstić information content (AvgIpc) is 3.09. The highest BCUT2D eigenvalue weighted by Gasteiger charge is 2.15. The molecule has 132 valence electrons. The van der Waals surface area contributed by atoms with Gasteiger partial charge in [0.15, 0.2) is 5.76 Å². The molecule has 2 amide bonds. The molecule has 5 heteroatoms. The number of aryl methyl sites for hydroxylation is 1. The Morgan fingerprint density at radius 1 is 0.885 bits per heavy atom. The van der Waals surface area contributed by atoms with E-state index in [2.05, 4.69) is 10.6 Å². The Morgan fingerprint density at radius 3 is 2.35 bits per heavy atom. The average molecular weight is 348 g/mol. The summed E-state index contributed by atoms with van der Waals surface area (Å²) in [6.07, 6.45) is 0.743. The summed E-state index contributed by atoms with van der Waals surface area (Å²) in [6, 6.07) is 20.2. The van der Waals surface area contributed by atoms with Gasteiger partial charge in [-0.15, -0.1) is 0 Å². The van der Waals surface area contributed by atoms with Crippen LogP contribution in [0.3, 0.4) is 0 Å². The minimum absolute atomic E-state index is 0.210. The highest BCUT2D eigenvalue weighted by molar-refractivity contribution is 6.07. The lowest BCUT2D eigenvalue weighted by molar-refractivity contribution is 0.0955. The molecule has 0 spiro atoms. The van der Waals surface area contributed by atoms with Crippen molar-refractivity contribution >= 4 is 17.5 Å². The van der Waals surface area contributed by atoms with E-state index in [1.54, 1.807) is 43.3 Å². The first-order valence-electron chi connectivity index (χ1n) is 8.42. The highest BCUT2D eigenvalue weighted by atomic mass is 16.3. The van der Waals surface area contributed by atoms with Crippen LogP contribution in [0.15, 0.2) is 71.1 Å². The Morgan fingerprint density at radius 2 is 1.62 bits per heavy atom. The Balaban J connectivity index is 1.64. The summed E-state index contributed by atoms with van der Waals surface area (Å²) in [5, 5.41) is 5.63. The maximum absolute atomic E-state index is 12.5. The monoisotopic (exact) mass is 348 g/mol. The van der Waals surface area contributed by atoms with Gasteiger partial charge in [-0.25, -0.2) is 0 Å². The summed E-state index contributed by atoms with van der Waals surface area (Å²) in [5.74, 6) is 0.249. The predicted molar refractivity (Wildman–Crippen MR) is 100 cm³/mol. The molecule has 1 aromatic heterocycles. The second-order valence-electron chi connectivity index (χ2n) is 5.90. The minimum Gasteiger partial charge on any atom is -0.456 e. The Bertz CT molecular complexity index is 900. The van der Waals surface area contributed by atoms with Gasteiger partial charge in [-0.1, -0.05) is 42.5 Å². The lowest BCUT2D eigenvalue weighted by atomic mass is 10.1. The molecular formula is C21H20N2O3. The fourth-order valence-electron chi connectivity index (χ4n) is 2.59. The number of rotatable bonds is 6. The van der Waals surface area contributed by atoms with Gasteiger partial charge < -0.3 is 15.1 Å². The number of anilines is 1. The quantitative estimate of drug-likeness (QED) is 0.711. The normalized spacial score (nSPS) is 10.3. The van der Waals surface area contributed by atoms with Gasteiger partial charge in [-0.2, -0.15) is 0 Å². The van der Waals surface area contributed by atoms with Crippen molar-refractivity contribution in [1.29, 1.82) is 0 Å². The third-order valence-corrected chi connectivity index (χ3v) is 3.93. The third-order valence-electron chi connectivity index (χ3n) is 3.93. The highest BCUT2D eigenvalue weighted by Crippen LogP contribution is 2.17. The number of carbonyl (C=O) groups excluding carboxylic acids is 2. The summed E-state index contributed by atoms with van der Waals surface area (Å²) in [4.78, 5) is 24.8. The lowest BCUT2D eigenvalue weighted by Crippen LogP contribution is -2.27. The number of furan rings is 1. The van der Waals surface area contributed by atoms with Crippen LogP contribution in [0, 0.1) is 6.92 Å². The molecule has 0 saturated carbocycles. The van der Waals surface area contributed by atoms with E-state index in [0.717, 1.165) is 12.0 Å². The van der Waals surface area contributed by atoms with E-state index in [1.165, 1.54) is 0 Å². The van der Waals surface area contributed by atoms with Crippen molar-refractivity contribution in [3.63, 3.8) is 0 Å².